The lowest BCUT2D eigenvalue weighted by molar-refractivity contribution is -0.115. The maximum Gasteiger partial charge on any atom is 0.243 e. The second-order valence-corrected chi connectivity index (χ2v) is 10.4. The van der Waals surface area contributed by atoms with Gasteiger partial charge < -0.3 is 10.1 Å². The van der Waals surface area contributed by atoms with Crippen LogP contribution in [0.25, 0.3) is 0 Å². The van der Waals surface area contributed by atoms with E-state index in [1.54, 1.807) is 31.4 Å². The Kier molecular flexibility index (Phi) is 6.08. The van der Waals surface area contributed by atoms with Crippen molar-refractivity contribution in [3.63, 3.8) is 0 Å². The molecular weight excluding hydrogens is 434 g/mol. The number of fused-ring (bicyclic) bond motifs is 1. The van der Waals surface area contributed by atoms with Crippen LogP contribution in [-0.2, 0) is 34.2 Å². The van der Waals surface area contributed by atoms with E-state index in [1.165, 1.54) is 15.6 Å². The number of rotatable bonds is 6. The number of thiazole rings is 1. The molecule has 2 aromatic carbocycles. The molecule has 1 aliphatic rings. The molecule has 1 N–H and O–H groups in total. The number of anilines is 1. The molecule has 162 valence electrons. The number of aromatic nitrogens is 1. The van der Waals surface area contributed by atoms with Gasteiger partial charge in [0.2, 0.25) is 15.9 Å². The molecule has 1 aromatic heterocycles. The summed E-state index contributed by atoms with van der Waals surface area (Å²) in [5.74, 6) is 0.522. The molecule has 0 saturated heterocycles. The Morgan fingerprint density at radius 1 is 1.23 bits per heavy atom. The van der Waals surface area contributed by atoms with Crippen LogP contribution in [0.3, 0.4) is 0 Å². The molecule has 0 spiro atoms. The van der Waals surface area contributed by atoms with E-state index in [0.29, 0.717) is 23.8 Å². The van der Waals surface area contributed by atoms with E-state index >= 15 is 0 Å². The maximum atomic E-state index is 13.0. The zero-order chi connectivity index (χ0) is 22.0. The first-order valence-electron chi connectivity index (χ1n) is 9.83. The topological polar surface area (TPSA) is 88.6 Å². The van der Waals surface area contributed by atoms with Crippen molar-refractivity contribution in [3.05, 3.63) is 70.2 Å². The van der Waals surface area contributed by atoms with Crippen molar-refractivity contribution in [3.8, 4) is 5.75 Å². The van der Waals surface area contributed by atoms with Gasteiger partial charge in [-0.2, -0.15) is 4.31 Å². The zero-order valence-corrected chi connectivity index (χ0v) is 18.9. The Morgan fingerprint density at radius 2 is 2.00 bits per heavy atom. The van der Waals surface area contributed by atoms with E-state index in [1.807, 2.05) is 31.2 Å². The van der Waals surface area contributed by atoms with E-state index in [4.69, 9.17) is 4.74 Å². The predicted molar refractivity (Wildman–Crippen MR) is 120 cm³/mol. The number of amides is 1. The average Bonchev–Trinajstić information content (AvgIpc) is 3.15. The number of nitrogens with one attached hydrogen (secondary N) is 1. The summed E-state index contributed by atoms with van der Waals surface area (Å²) in [5.41, 5.74) is 2.70. The summed E-state index contributed by atoms with van der Waals surface area (Å²) < 4.78 is 32.6. The highest BCUT2D eigenvalue weighted by atomic mass is 32.2. The minimum Gasteiger partial charge on any atom is -0.497 e. The van der Waals surface area contributed by atoms with Crippen LogP contribution in [0.2, 0.25) is 0 Å². The van der Waals surface area contributed by atoms with Crippen molar-refractivity contribution < 1.29 is 17.9 Å². The van der Waals surface area contributed by atoms with Gasteiger partial charge in [-0.05, 0) is 36.8 Å². The fourth-order valence-electron chi connectivity index (χ4n) is 3.42. The van der Waals surface area contributed by atoms with E-state index < -0.39 is 10.0 Å². The highest BCUT2D eigenvalue weighted by Gasteiger charge is 2.30. The molecule has 31 heavy (non-hydrogen) atoms. The van der Waals surface area contributed by atoms with Crippen molar-refractivity contribution in [2.24, 2.45) is 0 Å². The molecule has 7 nitrogen and oxygen atoms in total. The molecule has 1 amide bonds. The predicted octanol–water partition coefficient (Wildman–Crippen LogP) is 3.39. The third kappa shape index (κ3) is 4.79. The molecule has 9 heteroatoms. The number of nitrogens with zero attached hydrogens (tertiary/aromatic N) is 2. The monoisotopic (exact) mass is 457 g/mol. The van der Waals surface area contributed by atoms with Crippen molar-refractivity contribution in [1.29, 1.82) is 0 Å². The smallest absolute Gasteiger partial charge is 0.243 e. The van der Waals surface area contributed by atoms with Crippen molar-refractivity contribution in [2.45, 2.75) is 31.2 Å². The second kappa shape index (κ2) is 8.78. The minimum atomic E-state index is -3.57. The Hall–Kier alpha value is -2.75. The lowest BCUT2D eigenvalue weighted by Crippen LogP contribution is -2.35. The first-order valence-corrected chi connectivity index (χ1v) is 12.1. The number of hydrogen-bond donors (Lipinski definition) is 1. The summed E-state index contributed by atoms with van der Waals surface area (Å²) in [4.78, 5) is 18.1. The first kappa shape index (κ1) is 21.5. The number of benzene rings is 2. The van der Waals surface area contributed by atoms with E-state index in [-0.39, 0.29) is 23.8 Å². The van der Waals surface area contributed by atoms with Crippen molar-refractivity contribution in [1.82, 2.24) is 9.29 Å². The molecule has 0 saturated carbocycles. The van der Waals surface area contributed by atoms with Gasteiger partial charge in [0.05, 0.1) is 30.7 Å². The molecule has 3 aromatic rings. The first-order chi connectivity index (χ1) is 14.8. The average molecular weight is 458 g/mol. The fraction of sp³-hybridized carbons (Fsp3) is 0.273. The molecule has 2 heterocycles. The van der Waals surface area contributed by atoms with Crippen LogP contribution in [0.5, 0.6) is 5.75 Å². The number of aryl methyl sites for hydroxylation is 1. The summed E-state index contributed by atoms with van der Waals surface area (Å²) in [5, 5.41) is 3.33. The molecule has 0 atom stereocenters. The molecule has 1 aliphatic heterocycles. The van der Waals surface area contributed by atoms with Crippen LogP contribution >= 0.6 is 11.3 Å². The minimum absolute atomic E-state index is 0.177. The van der Waals surface area contributed by atoms with Gasteiger partial charge in [0.25, 0.3) is 0 Å². The Morgan fingerprint density at radius 3 is 2.74 bits per heavy atom. The molecule has 0 fully saturated rings. The van der Waals surface area contributed by atoms with Gasteiger partial charge in [-0.25, -0.2) is 13.4 Å². The number of methoxy groups -OCH3 is 1. The lowest BCUT2D eigenvalue weighted by Gasteiger charge is -2.25. The molecule has 4 rings (SSSR count). The SMILES string of the molecule is COc1cccc(CC(=O)Nc2nc3c(s2)CN(S(=O)(=O)c2ccc(C)cc2)CC3)c1. The number of carbonyl (C=O) groups excluding carboxylic acids is 1. The summed E-state index contributed by atoms with van der Waals surface area (Å²) >= 11 is 1.33. The quantitative estimate of drug-likeness (QED) is 0.613. The van der Waals surface area contributed by atoms with Crippen molar-refractivity contribution >= 4 is 32.4 Å². The molecule has 0 radical (unpaired) electrons. The van der Waals surface area contributed by atoms with Crippen LogP contribution in [0.1, 0.15) is 21.7 Å². The second-order valence-electron chi connectivity index (χ2n) is 7.37. The van der Waals surface area contributed by atoms with Gasteiger partial charge in [-0.3, -0.25) is 4.79 Å². The van der Waals surface area contributed by atoms with Crippen LogP contribution in [-0.4, -0.2) is 37.3 Å². The Balaban J connectivity index is 1.44. The highest BCUT2D eigenvalue weighted by Crippen LogP contribution is 2.31. The van der Waals surface area contributed by atoms with Crippen LogP contribution < -0.4 is 10.1 Å². The maximum absolute atomic E-state index is 13.0. The van der Waals surface area contributed by atoms with Crippen LogP contribution in [0, 0.1) is 6.92 Å². The highest BCUT2D eigenvalue weighted by molar-refractivity contribution is 7.89. The number of hydrogen-bond acceptors (Lipinski definition) is 6. The molecule has 0 unspecified atom stereocenters. The number of sulfonamides is 1. The third-order valence-corrected chi connectivity index (χ3v) is 7.96. The largest absolute Gasteiger partial charge is 0.497 e. The molecular formula is C22H23N3O4S2. The van der Waals surface area contributed by atoms with Gasteiger partial charge in [-0.15, -0.1) is 11.3 Å². The lowest BCUT2D eigenvalue weighted by atomic mass is 10.1. The standard InChI is InChI=1S/C22H23N3O4S2/c1-15-6-8-18(9-7-15)31(27,28)25-11-10-19-20(14-25)30-22(23-19)24-21(26)13-16-4-3-5-17(12-16)29-2/h3-9,12H,10-11,13-14H2,1-2H3,(H,23,24,26). The van der Waals surface area contributed by atoms with Crippen LogP contribution in [0.4, 0.5) is 5.13 Å². The Labute approximate surface area is 185 Å². The summed E-state index contributed by atoms with van der Waals surface area (Å²) in [7, 11) is -1.98. The molecule has 0 aliphatic carbocycles. The summed E-state index contributed by atoms with van der Waals surface area (Å²) in [6.45, 7) is 2.55. The van der Waals surface area contributed by atoms with E-state index in [0.717, 1.165) is 21.7 Å². The normalized spacial score (nSPS) is 14.1. The number of carbonyl (C=O) groups is 1. The van der Waals surface area contributed by atoms with E-state index in [2.05, 4.69) is 10.3 Å². The van der Waals surface area contributed by atoms with Gasteiger partial charge in [-0.1, -0.05) is 29.8 Å². The van der Waals surface area contributed by atoms with Crippen molar-refractivity contribution in [2.75, 3.05) is 19.0 Å². The van der Waals surface area contributed by atoms with Gasteiger partial charge in [0.1, 0.15) is 5.75 Å². The van der Waals surface area contributed by atoms with E-state index in [9.17, 15) is 13.2 Å². The fourth-order valence-corrected chi connectivity index (χ4v) is 5.95. The molecule has 0 bridgehead atoms. The third-order valence-electron chi connectivity index (χ3n) is 5.10. The van der Waals surface area contributed by atoms with Crippen LogP contribution in [0.15, 0.2) is 53.4 Å². The zero-order valence-electron chi connectivity index (χ0n) is 17.3. The number of ether oxygens (including phenoxy) is 1. The summed E-state index contributed by atoms with van der Waals surface area (Å²) in [6.07, 6.45) is 0.720. The summed E-state index contributed by atoms with van der Waals surface area (Å²) in [6, 6.07) is 14.2. The Bertz CT molecular complexity index is 1200. The van der Waals surface area contributed by atoms with Gasteiger partial charge >= 0.3 is 0 Å². The van der Waals surface area contributed by atoms with Gasteiger partial charge in [0.15, 0.2) is 5.13 Å². The van der Waals surface area contributed by atoms with Gasteiger partial charge in [0, 0.05) is 17.8 Å².